The number of hydrogen-bond donors (Lipinski definition) is 1. The summed E-state index contributed by atoms with van der Waals surface area (Å²) >= 11 is 0. The summed E-state index contributed by atoms with van der Waals surface area (Å²) in [7, 11) is 0. The standard InChI is InChI=1S/C13H17NO2/c1-2-11(9-14-5-1)10-3-4-12-13(8-10)16-7-6-15-12/h3-4,8,11,14H,1-2,5-7,9H2/t11-/m0/s1. The van der Waals surface area contributed by atoms with E-state index < -0.39 is 0 Å². The van der Waals surface area contributed by atoms with Crippen LogP contribution in [0.1, 0.15) is 24.3 Å². The summed E-state index contributed by atoms with van der Waals surface area (Å²) in [6.07, 6.45) is 2.53. The van der Waals surface area contributed by atoms with Gasteiger partial charge >= 0.3 is 0 Å². The Morgan fingerprint density at radius 2 is 2.00 bits per heavy atom. The van der Waals surface area contributed by atoms with E-state index in [0.29, 0.717) is 19.1 Å². The average Bonchev–Trinajstić information content (AvgIpc) is 2.39. The van der Waals surface area contributed by atoms with Gasteiger partial charge in [0.2, 0.25) is 0 Å². The van der Waals surface area contributed by atoms with E-state index in [9.17, 15) is 0 Å². The molecule has 3 heteroatoms. The molecule has 1 aromatic carbocycles. The summed E-state index contributed by atoms with van der Waals surface area (Å²) in [5.41, 5.74) is 1.37. The summed E-state index contributed by atoms with van der Waals surface area (Å²) < 4.78 is 11.1. The van der Waals surface area contributed by atoms with Gasteiger partial charge < -0.3 is 14.8 Å². The van der Waals surface area contributed by atoms with E-state index in [1.165, 1.54) is 18.4 Å². The highest BCUT2D eigenvalue weighted by atomic mass is 16.6. The fourth-order valence-electron chi connectivity index (χ4n) is 2.45. The molecule has 0 unspecified atom stereocenters. The first kappa shape index (κ1) is 9.97. The van der Waals surface area contributed by atoms with Gasteiger partial charge in [-0.05, 0) is 43.0 Å². The molecule has 3 rings (SSSR count). The van der Waals surface area contributed by atoms with Crippen LogP contribution >= 0.6 is 0 Å². The number of benzene rings is 1. The Bertz CT molecular complexity index is 372. The number of hydrogen-bond acceptors (Lipinski definition) is 3. The molecule has 0 aromatic heterocycles. The monoisotopic (exact) mass is 219 g/mol. The number of nitrogens with one attached hydrogen (secondary N) is 1. The Labute approximate surface area is 95.8 Å². The molecule has 1 atom stereocenters. The Morgan fingerprint density at radius 3 is 2.81 bits per heavy atom. The van der Waals surface area contributed by atoms with Crippen molar-refractivity contribution in [1.82, 2.24) is 5.32 Å². The Kier molecular flexibility index (Phi) is 2.70. The lowest BCUT2D eigenvalue weighted by Gasteiger charge is -2.25. The highest BCUT2D eigenvalue weighted by Gasteiger charge is 2.18. The Hall–Kier alpha value is -1.22. The zero-order valence-electron chi connectivity index (χ0n) is 9.37. The van der Waals surface area contributed by atoms with Crippen LogP contribution < -0.4 is 14.8 Å². The molecule has 1 fully saturated rings. The van der Waals surface area contributed by atoms with Crippen LogP contribution in [0.5, 0.6) is 11.5 Å². The lowest BCUT2D eigenvalue weighted by Crippen LogP contribution is -2.28. The molecule has 0 aliphatic carbocycles. The molecule has 0 bridgehead atoms. The van der Waals surface area contributed by atoms with Gasteiger partial charge in [-0.25, -0.2) is 0 Å². The van der Waals surface area contributed by atoms with Gasteiger partial charge in [-0.2, -0.15) is 0 Å². The minimum atomic E-state index is 0.629. The Morgan fingerprint density at radius 1 is 1.12 bits per heavy atom. The first-order valence-corrected chi connectivity index (χ1v) is 6.04. The molecule has 1 saturated heterocycles. The smallest absolute Gasteiger partial charge is 0.161 e. The van der Waals surface area contributed by atoms with Crippen molar-refractivity contribution < 1.29 is 9.47 Å². The van der Waals surface area contributed by atoms with Crippen molar-refractivity contribution in [3.63, 3.8) is 0 Å². The third-order valence-electron chi connectivity index (χ3n) is 3.33. The van der Waals surface area contributed by atoms with E-state index in [0.717, 1.165) is 24.6 Å². The van der Waals surface area contributed by atoms with Crippen LogP contribution in [0.2, 0.25) is 0 Å². The van der Waals surface area contributed by atoms with Crippen LogP contribution in [0.3, 0.4) is 0 Å². The number of piperidine rings is 1. The van der Waals surface area contributed by atoms with Crippen LogP contribution in [-0.4, -0.2) is 26.3 Å². The molecule has 2 heterocycles. The maximum absolute atomic E-state index is 5.61. The van der Waals surface area contributed by atoms with Gasteiger partial charge in [0, 0.05) is 6.54 Å². The van der Waals surface area contributed by atoms with Crippen LogP contribution in [0, 0.1) is 0 Å². The summed E-state index contributed by atoms with van der Waals surface area (Å²) in [5, 5.41) is 3.44. The van der Waals surface area contributed by atoms with Gasteiger partial charge in [0.25, 0.3) is 0 Å². The zero-order valence-corrected chi connectivity index (χ0v) is 9.37. The van der Waals surface area contributed by atoms with Gasteiger partial charge in [0.15, 0.2) is 11.5 Å². The van der Waals surface area contributed by atoms with Crippen molar-refractivity contribution in [2.45, 2.75) is 18.8 Å². The van der Waals surface area contributed by atoms with Gasteiger partial charge in [-0.15, -0.1) is 0 Å². The molecular weight excluding hydrogens is 202 g/mol. The first-order chi connectivity index (χ1) is 7.93. The predicted octanol–water partition coefficient (Wildman–Crippen LogP) is 1.92. The second kappa shape index (κ2) is 4.34. The molecular formula is C13H17NO2. The van der Waals surface area contributed by atoms with Crippen LogP contribution in [0.4, 0.5) is 0 Å². The molecule has 86 valence electrons. The number of rotatable bonds is 1. The second-order valence-electron chi connectivity index (χ2n) is 4.45. The van der Waals surface area contributed by atoms with Crippen molar-refractivity contribution >= 4 is 0 Å². The SMILES string of the molecule is c1cc2c(cc1[C@H]1CCCNC1)OCCO2. The largest absolute Gasteiger partial charge is 0.486 e. The first-order valence-electron chi connectivity index (χ1n) is 6.04. The summed E-state index contributed by atoms with van der Waals surface area (Å²) in [4.78, 5) is 0. The van der Waals surface area contributed by atoms with Gasteiger partial charge in [-0.1, -0.05) is 6.07 Å². The zero-order chi connectivity index (χ0) is 10.8. The highest BCUT2D eigenvalue weighted by Crippen LogP contribution is 2.34. The topological polar surface area (TPSA) is 30.5 Å². The fraction of sp³-hybridized carbons (Fsp3) is 0.538. The quantitative estimate of drug-likeness (QED) is 0.782. The second-order valence-corrected chi connectivity index (χ2v) is 4.45. The van der Waals surface area contributed by atoms with Crippen LogP contribution in [0.15, 0.2) is 18.2 Å². The normalized spacial score (nSPS) is 24.1. The molecule has 1 N–H and O–H groups in total. The van der Waals surface area contributed by atoms with E-state index in [1.807, 2.05) is 6.07 Å². The van der Waals surface area contributed by atoms with Crippen molar-refractivity contribution in [3.05, 3.63) is 23.8 Å². The van der Waals surface area contributed by atoms with Gasteiger partial charge in [0.05, 0.1) is 0 Å². The molecule has 0 saturated carbocycles. The van der Waals surface area contributed by atoms with E-state index >= 15 is 0 Å². The van der Waals surface area contributed by atoms with E-state index in [1.54, 1.807) is 0 Å². The van der Waals surface area contributed by atoms with Crippen LogP contribution in [0.25, 0.3) is 0 Å². The lowest BCUT2D eigenvalue weighted by atomic mass is 9.91. The van der Waals surface area contributed by atoms with Crippen molar-refractivity contribution in [2.75, 3.05) is 26.3 Å². The molecule has 0 amide bonds. The maximum atomic E-state index is 5.61. The summed E-state index contributed by atoms with van der Waals surface area (Å²) in [6, 6.07) is 6.36. The molecule has 3 nitrogen and oxygen atoms in total. The van der Waals surface area contributed by atoms with Gasteiger partial charge in [0.1, 0.15) is 13.2 Å². The molecule has 2 aliphatic heterocycles. The number of ether oxygens (including phenoxy) is 2. The third kappa shape index (κ3) is 1.87. The van der Waals surface area contributed by atoms with Gasteiger partial charge in [-0.3, -0.25) is 0 Å². The van der Waals surface area contributed by atoms with Crippen LogP contribution in [-0.2, 0) is 0 Å². The highest BCUT2D eigenvalue weighted by molar-refractivity contribution is 5.44. The lowest BCUT2D eigenvalue weighted by molar-refractivity contribution is 0.171. The average molecular weight is 219 g/mol. The minimum Gasteiger partial charge on any atom is -0.486 e. The van der Waals surface area contributed by atoms with E-state index in [4.69, 9.17) is 9.47 Å². The molecule has 0 radical (unpaired) electrons. The maximum Gasteiger partial charge on any atom is 0.161 e. The molecule has 2 aliphatic rings. The molecule has 1 aromatic rings. The predicted molar refractivity (Wildman–Crippen MR) is 62.3 cm³/mol. The summed E-state index contributed by atoms with van der Waals surface area (Å²) in [5.74, 6) is 2.43. The van der Waals surface area contributed by atoms with Crippen molar-refractivity contribution in [3.8, 4) is 11.5 Å². The minimum absolute atomic E-state index is 0.629. The third-order valence-corrected chi connectivity index (χ3v) is 3.33. The van der Waals surface area contributed by atoms with E-state index in [2.05, 4.69) is 17.4 Å². The summed E-state index contributed by atoms with van der Waals surface area (Å²) in [6.45, 7) is 3.57. The molecule has 16 heavy (non-hydrogen) atoms. The van der Waals surface area contributed by atoms with Crippen molar-refractivity contribution in [2.24, 2.45) is 0 Å². The molecule has 0 spiro atoms. The Balaban J connectivity index is 1.84. The van der Waals surface area contributed by atoms with Crippen molar-refractivity contribution in [1.29, 1.82) is 0 Å². The fourth-order valence-corrected chi connectivity index (χ4v) is 2.45. The van der Waals surface area contributed by atoms with E-state index in [-0.39, 0.29) is 0 Å². The number of fused-ring (bicyclic) bond motifs is 1.